The van der Waals surface area contributed by atoms with Crippen LogP contribution in [0, 0.1) is 0 Å². The van der Waals surface area contributed by atoms with Crippen molar-refractivity contribution in [1.82, 2.24) is 5.32 Å². The lowest BCUT2D eigenvalue weighted by molar-refractivity contribution is -0.125. The summed E-state index contributed by atoms with van der Waals surface area (Å²) in [4.78, 5) is 27.8. The number of benzene rings is 3. The molecule has 6 heteroatoms. The van der Waals surface area contributed by atoms with Gasteiger partial charge in [0.05, 0.1) is 12.2 Å². The summed E-state index contributed by atoms with van der Waals surface area (Å²) < 4.78 is 5.91. The Morgan fingerprint density at radius 2 is 1.66 bits per heavy atom. The molecule has 164 valence electrons. The van der Waals surface area contributed by atoms with Gasteiger partial charge in [-0.15, -0.1) is 11.8 Å². The van der Waals surface area contributed by atoms with E-state index in [0.717, 1.165) is 33.2 Å². The van der Waals surface area contributed by atoms with Crippen molar-refractivity contribution >= 4 is 29.3 Å². The quantitative estimate of drug-likeness (QED) is 0.507. The normalized spacial score (nSPS) is 12.7. The van der Waals surface area contributed by atoms with Crippen LogP contribution in [0.1, 0.15) is 12.8 Å². The molecule has 0 unspecified atom stereocenters. The maximum atomic E-state index is 12.7. The molecule has 3 aromatic carbocycles. The summed E-state index contributed by atoms with van der Waals surface area (Å²) in [5, 5.41) is 2.85. The first kappa shape index (κ1) is 22.0. The summed E-state index contributed by atoms with van der Waals surface area (Å²) in [5.41, 5.74) is 3.05. The van der Waals surface area contributed by atoms with Gasteiger partial charge in [-0.2, -0.15) is 0 Å². The van der Waals surface area contributed by atoms with Gasteiger partial charge in [-0.3, -0.25) is 9.59 Å². The molecule has 1 N–H and O–H groups in total. The molecule has 1 heterocycles. The van der Waals surface area contributed by atoms with Crippen molar-refractivity contribution in [2.24, 2.45) is 0 Å². The topological polar surface area (TPSA) is 58.6 Å². The number of nitrogens with one attached hydrogen (secondary N) is 1. The number of para-hydroxylation sites is 2. The number of carbonyl (C=O) groups excluding carboxylic acids is 2. The third-order valence-electron chi connectivity index (χ3n) is 5.25. The number of amides is 2. The molecule has 1 aliphatic rings. The Bertz CT molecular complexity index is 1070. The molecule has 1 aliphatic heterocycles. The fraction of sp³-hybridized carbons (Fsp3) is 0.231. The highest BCUT2D eigenvalue weighted by Gasteiger charge is 2.22. The Kier molecular flexibility index (Phi) is 7.46. The molecule has 4 rings (SSSR count). The van der Waals surface area contributed by atoms with Gasteiger partial charge in [-0.1, -0.05) is 60.7 Å². The van der Waals surface area contributed by atoms with E-state index >= 15 is 0 Å². The van der Waals surface area contributed by atoms with E-state index in [1.54, 1.807) is 16.7 Å². The molecule has 2 amide bonds. The fourth-order valence-electron chi connectivity index (χ4n) is 3.67. The van der Waals surface area contributed by atoms with Crippen LogP contribution in [0.15, 0.2) is 83.8 Å². The predicted molar refractivity (Wildman–Crippen MR) is 129 cm³/mol. The van der Waals surface area contributed by atoms with Gasteiger partial charge < -0.3 is 15.0 Å². The maximum Gasteiger partial charge on any atom is 0.227 e. The first-order valence-electron chi connectivity index (χ1n) is 10.8. The average molecular weight is 447 g/mol. The van der Waals surface area contributed by atoms with E-state index in [1.165, 1.54) is 0 Å². The number of anilines is 1. The molecular formula is C26H26N2O3S. The summed E-state index contributed by atoms with van der Waals surface area (Å²) in [6, 6.07) is 25.8. The lowest BCUT2D eigenvalue weighted by Gasteiger charge is -2.29. The predicted octanol–water partition coefficient (Wildman–Crippen LogP) is 4.77. The molecule has 0 saturated heterocycles. The highest BCUT2D eigenvalue weighted by molar-refractivity contribution is 7.99. The highest BCUT2D eigenvalue weighted by Crippen LogP contribution is 2.34. The minimum atomic E-state index is -0.141. The molecule has 0 bridgehead atoms. The summed E-state index contributed by atoms with van der Waals surface area (Å²) >= 11 is 1.76. The molecular weight excluding hydrogens is 420 g/mol. The summed E-state index contributed by atoms with van der Waals surface area (Å²) in [6.07, 6.45) is 0.369. The number of hydrogen-bond acceptors (Lipinski definition) is 4. The van der Waals surface area contributed by atoms with Crippen molar-refractivity contribution in [2.45, 2.75) is 17.7 Å². The SMILES string of the molecule is O=C(CCC(=O)N1CCSc2ccccc21)NCCOc1ccccc1-c1ccccc1. The summed E-state index contributed by atoms with van der Waals surface area (Å²) in [7, 11) is 0. The van der Waals surface area contributed by atoms with Gasteiger partial charge in [-0.05, 0) is 23.8 Å². The number of carbonyl (C=O) groups is 2. The van der Waals surface area contributed by atoms with Crippen LogP contribution >= 0.6 is 11.8 Å². The molecule has 0 fully saturated rings. The number of thioether (sulfide) groups is 1. The van der Waals surface area contributed by atoms with E-state index < -0.39 is 0 Å². The smallest absolute Gasteiger partial charge is 0.227 e. The van der Waals surface area contributed by atoms with Crippen LogP contribution in [0.3, 0.4) is 0 Å². The largest absolute Gasteiger partial charge is 0.491 e. The van der Waals surface area contributed by atoms with Gasteiger partial charge in [0.25, 0.3) is 0 Å². The van der Waals surface area contributed by atoms with Crippen molar-refractivity contribution in [3.05, 3.63) is 78.9 Å². The second kappa shape index (κ2) is 10.9. The van der Waals surface area contributed by atoms with Crippen molar-refractivity contribution in [2.75, 3.05) is 30.3 Å². The van der Waals surface area contributed by atoms with Crippen LogP contribution in [-0.4, -0.2) is 37.3 Å². The number of ether oxygens (including phenoxy) is 1. The van der Waals surface area contributed by atoms with Crippen LogP contribution in [0.5, 0.6) is 5.75 Å². The Morgan fingerprint density at radius 3 is 2.53 bits per heavy atom. The first-order chi connectivity index (χ1) is 15.7. The molecule has 0 spiro atoms. The molecule has 5 nitrogen and oxygen atoms in total. The molecule has 0 aliphatic carbocycles. The minimum absolute atomic E-state index is 0.0130. The second-order valence-electron chi connectivity index (χ2n) is 7.42. The zero-order chi connectivity index (χ0) is 22.2. The number of hydrogen-bond donors (Lipinski definition) is 1. The maximum absolute atomic E-state index is 12.7. The third-order valence-corrected chi connectivity index (χ3v) is 6.29. The Balaban J connectivity index is 1.22. The minimum Gasteiger partial charge on any atom is -0.491 e. The third kappa shape index (κ3) is 5.51. The van der Waals surface area contributed by atoms with Gasteiger partial charge in [0, 0.05) is 35.6 Å². The number of rotatable bonds is 8. The molecule has 0 saturated carbocycles. The average Bonchev–Trinajstić information content (AvgIpc) is 2.85. The zero-order valence-electron chi connectivity index (χ0n) is 17.8. The second-order valence-corrected chi connectivity index (χ2v) is 8.56. The molecule has 0 radical (unpaired) electrons. The standard InChI is InChI=1S/C26H26N2O3S/c29-25(14-15-26(30)28-17-19-32-24-13-7-5-11-22(24)28)27-16-18-31-23-12-6-4-10-21(23)20-8-2-1-3-9-20/h1-13H,14-19H2,(H,27,29). The van der Waals surface area contributed by atoms with Crippen LogP contribution in [0.2, 0.25) is 0 Å². The van der Waals surface area contributed by atoms with E-state index in [4.69, 9.17) is 4.74 Å². The molecule has 32 heavy (non-hydrogen) atoms. The van der Waals surface area contributed by atoms with E-state index in [-0.39, 0.29) is 24.7 Å². The fourth-order valence-corrected chi connectivity index (χ4v) is 4.67. The Labute approximate surface area is 192 Å². The van der Waals surface area contributed by atoms with Crippen LogP contribution < -0.4 is 15.0 Å². The Morgan fingerprint density at radius 1 is 0.906 bits per heavy atom. The van der Waals surface area contributed by atoms with E-state index in [9.17, 15) is 9.59 Å². The van der Waals surface area contributed by atoms with Gasteiger partial charge in [0.15, 0.2) is 0 Å². The van der Waals surface area contributed by atoms with Gasteiger partial charge in [0.1, 0.15) is 12.4 Å². The van der Waals surface area contributed by atoms with Crippen molar-refractivity contribution in [3.63, 3.8) is 0 Å². The lowest BCUT2D eigenvalue weighted by atomic mass is 10.1. The van der Waals surface area contributed by atoms with Crippen LogP contribution in [-0.2, 0) is 9.59 Å². The lowest BCUT2D eigenvalue weighted by Crippen LogP contribution is -2.36. The Hall–Kier alpha value is -3.25. The number of nitrogens with zero attached hydrogens (tertiary/aromatic N) is 1. The van der Waals surface area contributed by atoms with Crippen LogP contribution in [0.4, 0.5) is 5.69 Å². The van der Waals surface area contributed by atoms with E-state index in [1.807, 2.05) is 78.9 Å². The molecule has 0 atom stereocenters. The summed E-state index contributed by atoms with van der Waals surface area (Å²) in [5.74, 6) is 1.50. The molecule has 3 aromatic rings. The monoisotopic (exact) mass is 446 g/mol. The first-order valence-corrected chi connectivity index (χ1v) is 11.8. The van der Waals surface area contributed by atoms with E-state index in [0.29, 0.717) is 19.7 Å². The van der Waals surface area contributed by atoms with Gasteiger partial charge in [-0.25, -0.2) is 0 Å². The van der Waals surface area contributed by atoms with Crippen LogP contribution in [0.25, 0.3) is 11.1 Å². The highest BCUT2D eigenvalue weighted by atomic mass is 32.2. The van der Waals surface area contributed by atoms with Crippen molar-refractivity contribution in [3.8, 4) is 16.9 Å². The van der Waals surface area contributed by atoms with Crippen molar-refractivity contribution < 1.29 is 14.3 Å². The molecule has 0 aromatic heterocycles. The van der Waals surface area contributed by atoms with Crippen molar-refractivity contribution in [1.29, 1.82) is 0 Å². The van der Waals surface area contributed by atoms with E-state index in [2.05, 4.69) is 5.32 Å². The van der Waals surface area contributed by atoms with Gasteiger partial charge in [0.2, 0.25) is 11.8 Å². The van der Waals surface area contributed by atoms with Gasteiger partial charge >= 0.3 is 0 Å². The number of fused-ring (bicyclic) bond motifs is 1. The zero-order valence-corrected chi connectivity index (χ0v) is 18.6. The summed E-state index contributed by atoms with van der Waals surface area (Å²) in [6.45, 7) is 1.43.